The standard InChI is InChI=1S/C10H11N5O2/c1-6-4-7(16)2-3-8(6)11-10(17)5-9-12-14-15-13-9/h2-4,16H,5H2,1H3,(H,11,17)(H,12,13,14,15). The summed E-state index contributed by atoms with van der Waals surface area (Å²) in [4.78, 5) is 11.6. The lowest BCUT2D eigenvalue weighted by Gasteiger charge is -2.07. The molecule has 0 unspecified atom stereocenters. The van der Waals surface area contributed by atoms with Gasteiger partial charge in [0, 0.05) is 5.69 Å². The second kappa shape index (κ2) is 4.60. The van der Waals surface area contributed by atoms with Crippen LogP contribution in [-0.2, 0) is 11.2 Å². The Hall–Kier alpha value is -2.44. The number of tetrazole rings is 1. The van der Waals surface area contributed by atoms with Crippen LogP contribution in [0.15, 0.2) is 18.2 Å². The summed E-state index contributed by atoms with van der Waals surface area (Å²) in [6.45, 7) is 1.80. The minimum absolute atomic E-state index is 0.0524. The third-order valence-electron chi connectivity index (χ3n) is 2.19. The second-order valence-corrected chi connectivity index (χ2v) is 3.55. The number of H-pyrrole nitrogens is 1. The molecule has 88 valence electrons. The summed E-state index contributed by atoms with van der Waals surface area (Å²) >= 11 is 0. The zero-order valence-electron chi connectivity index (χ0n) is 9.14. The number of carbonyl (C=O) groups excluding carboxylic acids is 1. The fourth-order valence-electron chi connectivity index (χ4n) is 1.38. The summed E-state index contributed by atoms with van der Waals surface area (Å²) in [5, 5.41) is 24.9. The number of phenolic OH excluding ortho intramolecular Hbond substituents is 1. The van der Waals surface area contributed by atoms with E-state index in [2.05, 4.69) is 25.9 Å². The number of anilines is 1. The van der Waals surface area contributed by atoms with Crippen molar-refractivity contribution in [3.05, 3.63) is 29.6 Å². The smallest absolute Gasteiger partial charge is 0.232 e. The van der Waals surface area contributed by atoms with E-state index >= 15 is 0 Å². The Morgan fingerprint density at radius 3 is 3.00 bits per heavy atom. The van der Waals surface area contributed by atoms with Crippen molar-refractivity contribution in [3.8, 4) is 5.75 Å². The maximum atomic E-state index is 11.6. The highest BCUT2D eigenvalue weighted by molar-refractivity contribution is 5.92. The van der Waals surface area contributed by atoms with Crippen LogP contribution < -0.4 is 5.32 Å². The molecule has 7 heteroatoms. The van der Waals surface area contributed by atoms with Crippen molar-refractivity contribution >= 4 is 11.6 Å². The highest BCUT2D eigenvalue weighted by Gasteiger charge is 2.09. The van der Waals surface area contributed by atoms with Gasteiger partial charge in [-0.3, -0.25) is 4.79 Å². The highest BCUT2D eigenvalue weighted by atomic mass is 16.3. The van der Waals surface area contributed by atoms with E-state index in [1.165, 1.54) is 6.07 Å². The van der Waals surface area contributed by atoms with E-state index in [1.807, 2.05) is 0 Å². The minimum atomic E-state index is -0.236. The Labute approximate surface area is 96.9 Å². The van der Waals surface area contributed by atoms with Crippen LogP contribution in [0.5, 0.6) is 5.75 Å². The Bertz CT molecular complexity index is 523. The summed E-state index contributed by atoms with van der Waals surface area (Å²) in [6, 6.07) is 4.72. The molecule has 1 aromatic heterocycles. The van der Waals surface area contributed by atoms with Gasteiger partial charge < -0.3 is 10.4 Å². The molecule has 0 fully saturated rings. The summed E-state index contributed by atoms with van der Waals surface area (Å²) in [6.07, 6.45) is 0.0524. The van der Waals surface area contributed by atoms with Gasteiger partial charge in [-0.1, -0.05) is 5.21 Å². The number of aromatic nitrogens is 4. The molecule has 2 aromatic rings. The van der Waals surface area contributed by atoms with Crippen molar-refractivity contribution in [1.82, 2.24) is 20.6 Å². The Morgan fingerprint density at radius 1 is 1.53 bits per heavy atom. The number of aromatic amines is 1. The van der Waals surface area contributed by atoms with Gasteiger partial charge in [0.15, 0.2) is 5.82 Å². The van der Waals surface area contributed by atoms with Gasteiger partial charge in [0.1, 0.15) is 5.75 Å². The van der Waals surface area contributed by atoms with E-state index in [-0.39, 0.29) is 18.1 Å². The molecule has 0 aliphatic heterocycles. The predicted molar refractivity (Wildman–Crippen MR) is 59.4 cm³/mol. The lowest BCUT2D eigenvalue weighted by atomic mass is 10.2. The van der Waals surface area contributed by atoms with E-state index in [9.17, 15) is 9.90 Å². The molecule has 1 heterocycles. The van der Waals surface area contributed by atoms with Gasteiger partial charge in [0.25, 0.3) is 0 Å². The monoisotopic (exact) mass is 233 g/mol. The molecule has 0 aliphatic carbocycles. The van der Waals surface area contributed by atoms with E-state index in [1.54, 1.807) is 19.1 Å². The molecule has 7 nitrogen and oxygen atoms in total. The molecular weight excluding hydrogens is 222 g/mol. The zero-order chi connectivity index (χ0) is 12.3. The number of phenols is 1. The first kappa shape index (κ1) is 11.1. The van der Waals surface area contributed by atoms with Crippen molar-refractivity contribution in [2.24, 2.45) is 0 Å². The number of nitrogens with zero attached hydrogens (tertiary/aromatic N) is 3. The fraction of sp³-hybridized carbons (Fsp3) is 0.200. The first-order chi connectivity index (χ1) is 8.15. The molecule has 1 aromatic carbocycles. The van der Waals surface area contributed by atoms with Gasteiger partial charge in [-0.15, -0.1) is 10.2 Å². The van der Waals surface area contributed by atoms with Gasteiger partial charge in [-0.05, 0) is 30.7 Å². The van der Waals surface area contributed by atoms with Crippen LogP contribution >= 0.6 is 0 Å². The number of hydrogen-bond donors (Lipinski definition) is 3. The molecule has 0 atom stereocenters. The lowest BCUT2D eigenvalue weighted by Crippen LogP contribution is -2.15. The van der Waals surface area contributed by atoms with Crippen LogP contribution in [0.4, 0.5) is 5.69 Å². The Balaban J connectivity index is 2.03. The van der Waals surface area contributed by atoms with E-state index in [0.717, 1.165) is 5.56 Å². The molecule has 3 N–H and O–H groups in total. The van der Waals surface area contributed by atoms with Crippen molar-refractivity contribution in [2.45, 2.75) is 13.3 Å². The molecule has 1 amide bonds. The largest absolute Gasteiger partial charge is 0.508 e. The average Bonchev–Trinajstić information content (AvgIpc) is 2.75. The lowest BCUT2D eigenvalue weighted by molar-refractivity contribution is -0.115. The first-order valence-electron chi connectivity index (χ1n) is 4.97. The Morgan fingerprint density at radius 2 is 2.35 bits per heavy atom. The van der Waals surface area contributed by atoms with E-state index in [0.29, 0.717) is 11.5 Å². The van der Waals surface area contributed by atoms with Crippen LogP contribution in [0.3, 0.4) is 0 Å². The van der Waals surface area contributed by atoms with Crippen LogP contribution in [-0.4, -0.2) is 31.6 Å². The quantitative estimate of drug-likeness (QED) is 0.665. The number of aromatic hydroxyl groups is 1. The van der Waals surface area contributed by atoms with E-state index < -0.39 is 0 Å². The number of amides is 1. The van der Waals surface area contributed by atoms with Gasteiger partial charge in [-0.2, -0.15) is 5.21 Å². The zero-order valence-corrected chi connectivity index (χ0v) is 9.14. The molecule has 0 saturated carbocycles. The normalized spacial score (nSPS) is 10.2. The van der Waals surface area contributed by atoms with Crippen molar-refractivity contribution in [3.63, 3.8) is 0 Å². The van der Waals surface area contributed by atoms with Gasteiger partial charge >= 0.3 is 0 Å². The summed E-state index contributed by atoms with van der Waals surface area (Å²) < 4.78 is 0. The molecule has 0 radical (unpaired) electrons. The van der Waals surface area contributed by atoms with Gasteiger partial charge in [-0.25, -0.2) is 0 Å². The van der Waals surface area contributed by atoms with Crippen LogP contribution in [0.1, 0.15) is 11.4 Å². The van der Waals surface area contributed by atoms with Gasteiger partial charge in [0.05, 0.1) is 6.42 Å². The summed E-state index contributed by atoms with van der Waals surface area (Å²) in [7, 11) is 0. The number of rotatable bonds is 3. The molecule has 0 bridgehead atoms. The fourth-order valence-corrected chi connectivity index (χ4v) is 1.38. The molecule has 0 saturated heterocycles. The minimum Gasteiger partial charge on any atom is -0.508 e. The molecule has 2 rings (SSSR count). The third-order valence-corrected chi connectivity index (χ3v) is 2.19. The first-order valence-corrected chi connectivity index (χ1v) is 4.97. The second-order valence-electron chi connectivity index (χ2n) is 3.55. The maximum Gasteiger partial charge on any atom is 0.232 e. The highest BCUT2D eigenvalue weighted by Crippen LogP contribution is 2.20. The number of hydrogen-bond acceptors (Lipinski definition) is 5. The molecule has 0 aliphatic rings. The van der Waals surface area contributed by atoms with Crippen molar-refractivity contribution < 1.29 is 9.90 Å². The van der Waals surface area contributed by atoms with E-state index in [4.69, 9.17) is 0 Å². The van der Waals surface area contributed by atoms with Crippen molar-refractivity contribution in [1.29, 1.82) is 0 Å². The molecule has 0 spiro atoms. The third kappa shape index (κ3) is 2.77. The Kier molecular flexibility index (Phi) is 2.99. The number of benzene rings is 1. The van der Waals surface area contributed by atoms with Crippen LogP contribution in [0, 0.1) is 6.92 Å². The summed E-state index contributed by atoms with van der Waals surface area (Å²) in [5.41, 5.74) is 1.43. The van der Waals surface area contributed by atoms with Gasteiger partial charge in [0.2, 0.25) is 5.91 Å². The van der Waals surface area contributed by atoms with Crippen LogP contribution in [0.25, 0.3) is 0 Å². The summed E-state index contributed by atoms with van der Waals surface area (Å²) in [5.74, 6) is 0.262. The molecule has 17 heavy (non-hydrogen) atoms. The maximum absolute atomic E-state index is 11.6. The predicted octanol–water partition coefficient (Wildman–Crippen LogP) is 0.395. The molecular formula is C10H11N5O2. The number of carbonyl (C=O) groups is 1. The average molecular weight is 233 g/mol. The topological polar surface area (TPSA) is 104 Å². The SMILES string of the molecule is Cc1cc(O)ccc1NC(=O)Cc1nn[nH]n1. The number of aryl methyl sites for hydroxylation is 1. The van der Waals surface area contributed by atoms with Crippen molar-refractivity contribution in [2.75, 3.05) is 5.32 Å². The number of nitrogens with one attached hydrogen (secondary N) is 2. The van der Waals surface area contributed by atoms with Crippen LogP contribution in [0.2, 0.25) is 0 Å².